The molecule has 8 nitrogen and oxygen atoms in total. The zero-order valence-corrected chi connectivity index (χ0v) is 17.1. The molecule has 1 aromatic carbocycles. The topological polar surface area (TPSA) is 85.2 Å². The molecule has 1 N–H and O–H groups in total. The van der Waals surface area contributed by atoms with Gasteiger partial charge in [-0.15, -0.1) is 10.2 Å². The Hall–Kier alpha value is -3.26. The summed E-state index contributed by atoms with van der Waals surface area (Å²) in [6.45, 7) is 7.04. The summed E-state index contributed by atoms with van der Waals surface area (Å²) in [5, 5.41) is 16.5. The lowest BCUT2D eigenvalue weighted by molar-refractivity contribution is -0.116. The van der Waals surface area contributed by atoms with Gasteiger partial charge in [-0.3, -0.25) is 4.79 Å². The van der Waals surface area contributed by atoms with Crippen molar-refractivity contribution in [3.05, 3.63) is 58.8 Å². The third-order valence-electron chi connectivity index (χ3n) is 5.74. The molecule has 4 heterocycles. The van der Waals surface area contributed by atoms with Gasteiger partial charge in [0.15, 0.2) is 11.6 Å². The maximum atomic E-state index is 12.5. The van der Waals surface area contributed by atoms with Crippen LogP contribution in [0.1, 0.15) is 34.7 Å². The molecule has 8 heteroatoms. The van der Waals surface area contributed by atoms with E-state index in [1.165, 1.54) is 5.56 Å². The standard InChI is InChI=1S/C22H24N6O2/c1-14-4-3-5-16(12-14)17-13-20(29)23-22-21(17)15(2)26-28(22)19-7-6-18(24-25-19)27-8-10-30-11-9-27/h3-7,12,17H,8-11,13H2,1-2H3,(H,23,29)/t17-/m1/s1. The minimum Gasteiger partial charge on any atom is -0.378 e. The first kappa shape index (κ1) is 18.7. The van der Waals surface area contributed by atoms with Gasteiger partial charge in [0.1, 0.15) is 5.82 Å². The van der Waals surface area contributed by atoms with Crippen LogP contribution < -0.4 is 10.2 Å². The molecule has 1 amide bonds. The summed E-state index contributed by atoms with van der Waals surface area (Å²) in [4.78, 5) is 14.7. The van der Waals surface area contributed by atoms with Crippen molar-refractivity contribution in [3.8, 4) is 5.82 Å². The Labute approximate surface area is 174 Å². The fourth-order valence-electron chi connectivity index (χ4n) is 4.28. The number of ether oxygens (including phenoxy) is 1. The number of aryl methyl sites for hydroxylation is 2. The van der Waals surface area contributed by atoms with Crippen molar-refractivity contribution in [1.82, 2.24) is 20.0 Å². The van der Waals surface area contributed by atoms with Gasteiger partial charge in [0.05, 0.1) is 18.9 Å². The molecule has 0 bridgehead atoms. The highest BCUT2D eigenvalue weighted by atomic mass is 16.5. The smallest absolute Gasteiger partial charge is 0.226 e. The highest BCUT2D eigenvalue weighted by Gasteiger charge is 2.33. The zero-order valence-electron chi connectivity index (χ0n) is 17.1. The number of carbonyl (C=O) groups is 1. The minimum absolute atomic E-state index is 0.0203. The molecule has 0 saturated carbocycles. The van der Waals surface area contributed by atoms with Crippen LogP contribution in [0.2, 0.25) is 0 Å². The van der Waals surface area contributed by atoms with Crippen molar-refractivity contribution in [2.45, 2.75) is 26.2 Å². The second-order valence-electron chi connectivity index (χ2n) is 7.83. The molecule has 2 aromatic heterocycles. The molecule has 154 valence electrons. The van der Waals surface area contributed by atoms with E-state index in [1.54, 1.807) is 4.68 Å². The minimum atomic E-state index is -0.0250. The molecule has 1 saturated heterocycles. The van der Waals surface area contributed by atoms with Crippen LogP contribution in [0.4, 0.5) is 11.6 Å². The molecule has 0 radical (unpaired) electrons. The Kier molecular flexibility index (Phi) is 4.71. The van der Waals surface area contributed by atoms with Crippen molar-refractivity contribution in [1.29, 1.82) is 0 Å². The molecule has 2 aliphatic rings. The molecule has 0 unspecified atom stereocenters. The maximum Gasteiger partial charge on any atom is 0.226 e. The van der Waals surface area contributed by atoms with E-state index < -0.39 is 0 Å². The molecule has 1 fully saturated rings. The Bertz CT molecular complexity index is 1090. The summed E-state index contributed by atoms with van der Waals surface area (Å²) in [5.74, 6) is 2.04. The number of fused-ring (bicyclic) bond motifs is 1. The third kappa shape index (κ3) is 3.33. The fourth-order valence-corrected chi connectivity index (χ4v) is 4.28. The van der Waals surface area contributed by atoms with Crippen molar-refractivity contribution >= 4 is 17.5 Å². The number of hydrogen-bond acceptors (Lipinski definition) is 6. The summed E-state index contributed by atoms with van der Waals surface area (Å²) in [7, 11) is 0. The fraction of sp³-hybridized carbons (Fsp3) is 0.364. The number of anilines is 2. The Morgan fingerprint density at radius 2 is 1.83 bits per heavy atom. The molecule has 30 heavy (non-hydrogen) atoms. The van der Waals surface area contributed by atoms with E-state index >= 15 is 0 Å². The van der Waals surface area contributed by atoms with Gasteiger partial charge in [-0.05, 0) is 31.5 Å². The molecule has 0 spiro atoms. The summed E-state index contributed by atoms with van der Waals surface area (Å²) in [5.41, 5.74) is 4.23. The van der Waals surface area contributed by atoms with Gasteiger partial charge in [-0.1, -0.05) is 29.8 Å². The predicted octanol–water partition coefficient (Wildman–Crippen LogP) is 2.59. The highest BCUT2D eigenvalue weighted by Crippen LogP contribution is 2.40. The van der Waals surface area contributed by atoms with Gasteiger partial charge in [0, 0.05) is 31.0 Å². The molecule has 0 aliphatic carbocycles. The number of morpholine rings is 1. The number of aromatic nitrogens is 4. The van der Waals surface area contributed by atoms with Gasteiger partial charge in [-0.25, -0.2) is 0 Å². The molecule has 2 aliphatic heterocycles. The lowest BCUT2D eigenvalue weighted by atomic mass is 9.85. The average molecular weight is 404 g/mol. The summed E-state index contributed by atoms with van der Waals surface area (Å²) < 4.78 is 7.09. The van der Waals surface area contributed by atoms with Crippen LogP contribution in [0.5, 0.6) is 0 Å². The second-order valence-corrected chi connectivity index (χ2v) is 7.83. The van der Waals surface area contributed by atoms with Gasteiger partial charge >= 0.3 is 0 Å². The van der Waals surface area contributed by atoms with E-state index in [-0.39, 0.29) is 11.8 Å². The van der Waals surface area contributed by atoms with Crippen molar-refractivity contribution in [2.24, 2.45) is 0 Å². The van der Waals surface area contributed by atoms with Crippen LogP contribution in [0.15, 0.2) is 36.4 Å². The van der Waals surface area contributed by atoms with Crippen molar-refractivity contribution < 1.29 is 9.53 Å². The molecule has 5 rings (SSSR count). The number of nitrogens with zero attached hydrogens (tertiary/aromatic N) is 5. The molecular formula is C22H24N6O2. The van der Waals surface area contributed by atoms with Crippen molar-refractivity contribution in [3.63, 3.8) is 0 Å². The van der Waals surface area contributed by atoms with E-state index in [2.05, 4.69) is 45.5 Å². The van der Waals surface area contributed by atoms with E-state index in [0.717, 1.165) is 35.7 Å². The Balaban J connectivity index is 1.52. The lowest BCUT2D eigenvalue weighted by Gasteiger charge is -2.27. The molecular weight excluding hydrogens is 380 g/mol. The SMILES string of the molecule is Cc1cccc([C@H]2CC(=O)Nc3c2c(C)nn3-c2ccc(N3CCOCC3)nn2)c1. The first-order valence-corrected chi connectivity index (χ1v) is 10.2. The highest BCUT2D eigenvalue weighted by molar-refractivity contribution is 5.95. The average Bonchev–Trinajstić information content (AvgIpc) is 3.10. The van der Waals surface area contributed by atoms with Gasteiger partial charge in [0.2, 0.25) is 5.91 Å². The number of carbonyl (C=O) groups excluding carboxylic acids is 1. The number of hydrogen-bond donors (Lipinski definition) is 1. The number of benzene rings is 1. The first-order chi connectivity index (χ1) is 14.6. The zero-order chi connectivity index (χ0) is 20.7. The monoisotopic (exact) mass is 404 g/mol. The predicted molar refractivity (Wildman–Crippen MR) is 113 cm³/mol. The van der Waals surface area contributed by atoms with Crippen LogP contribution >= 0.6 is 0 Å². The van der Waals surface area contributed by atoms with E-state index in [0.29, 0.717) is 31.3 Å². The van der Waals surface area contributed by atoms with Crippen LogP contribution in [-0.2, 0) is 9.53 Å². The van der Waals surface area contributed by atoms with E-state index in [4.69, 9.17) is 9.84 Å². The summed E-state index contributed by atoms with van der Waals surface area (Å²) in [6.07, 6.45) is 0.407. The van der Waals surface area contributed by atoms with E-state index in [1.807, 2.05) is 25.1 Å². The maximum absolute atomic E-state index is 12.5. The van der Waals surface area contributed by atoms with E-state index in [9.17, 15) is 4.79 Å². The third-order valence-corrected chi connectivity index (χ3v) is 5.74. The van der Waals surface area contributed by atoms with Gasteiger partial charge in [-0.2, -0.15) is 9.78 Å². The largest absolute Gasteiger partial charge is 0.378 e. The molecule has 1 atom stereocenters. The molecule has 3 aromatic rings. The van der Waals surface area contributed by atoms with Crippen molar-refractivity contribution in [2.75, 3.05) is 36.5 Å². The quantitative estimate of drug-likeness (QED) is 0.722. The van der Waals surface area contributed by atoms with Gasteiger partial charge in [0.25, 0.3) is 0 Å². The normalized spacial score (nSPS) is 18.8. The summed E-state index contributed by atoms with van der Waals surface area (Å²) in [6, 6.07) is 12.2. The Morgan fingerprint density at radius 3 is 2.57 bits per heavy atom. The van der Waals surface area contributed by atoms with Crippen LogP contribution in [0.3, 0.4) is 0 Å². The van der Waals surface area contributed by atoms with Crippen LogP contribution in [-0.4, -0.2) is 52.2 Å². The van der Waals surface area contributed by atoms with Crippen LogP contribution in [0, 0.1) is 13.8 Å². The Morgan fingerprint density at radius 1 is 1.07 bits per heavy atom. The van der Waals surface area contributed by atoms with Crippen LogP contribution in [0.25, 0.3) is 5.82 Å². The van der Waals surface area contributed by atoms with Gasteiger partial charge < -0.3 is 15.0 Å². The lowest BCUT2D eigenvalue weighted by Crippen LogP contribution is -2.36. The number of amides is 1. The first-order valence-electron chi connectivity index (χ1n) is 10.2. The summed E-state index contributed by atoms with van der Waals surface area (Å²) >= 11 is 0. The number of nitrogens with one attached hydrogen (secondary N) is 1. The second kappa shape index (κ2) is 7.53. The number of rotatable bonds is 3.